The number of furan rings is 2. The third kappa shape index (κ3) is 5.01. The monoisotopic (exact) mass is 730 g/mol. The molecule has 4 heterocycles. The van der Waals surface area contributed by atoms with Crippen LogP contribution in [0.1, 0.15) is 0 Å². The average Bonchev–Trinajstić information content (AvgIpc) is 3.95. The van der Waals surface area contributed by atoms with Crippen molar-refractivity contribution in [3.8, 4) is 51.0 Å². The highest BCUT2D eigenvalue weighted by molar-refractivity contribution is 6.17. The molecular formula is C51H30N4O2. The van der Waals surface area contributed by atoms with Gasteiger partial charge in [0.2, 0.25) is 0 Å². The van der Waals surface area contributed by atoms with Crippen LogP contribution in [-0.4, -0.2) is 19.5 Å². The van der Waals surface area contributed by atoms with E-state index in [1.165, 1.54) is 5.39 Å². The van der Waals surface area contributed by atoms with E-state index in [4.69, 9.17) is 23.8 Å². The molecule has 0 fully saturated rings. The molecule has 0 radical (unpaired) electrons. The lowest BCUT2D eigenvalue weighted by Crippen LogP contribution is -2.00. The maximum Gasteiger partial charge on any atom is 0.164 e. The molecule has 12 aromatic rings. The van der Waals surface area contributed by atoms with E-state index in [1.807, 2.05) is 36.4 Å². The predicted octanol–water partition coefficient (Wildman–Crippen LogP) is 13.4. The summed E-state index contributed by atoms with van der Waals surface area (Å²) < 4.78 is 15.3. The Morgan fingerprint density at radius 1 is 0.333 bits per heavy atom. The Kier molecular flexibility index (Phi) is 6.83. The van der Waals surface area contributed by atoms with Crippen LogP contribution in [0.5, 0.6) is 0 Å². The van der Waals surface area contributed by atoms with Crippen LogP contribution >= 0.6 is 0 Å². The van der Waals surface area contributed by atoms with Gasteiger partial charge in [-0.05, 0) is 71.8 Å². The van der Waals surface area contributed by atoms with Gasteiger partial charge in [-0.1, -0.05) is 121 Å². The normalized spacial score (nSPS) is 11.9. The fraction of sp³-hybridized carbons (Fsp3) is 0. The van der Waals surface area contributed by atoms with E-state index in [9.17, 15) is 0 Å². The van der Waals surface area contributed by atoms with E-state index < -0.39 is 0 Å². The van der Waals surface area contributed by atoms with Crippen LogP contribution in [0.4, 0.5) is 0 Å². The molecule has 0 N–H and O–H groups in total. The van der Waals surface area contributed by atoms with Crippen molar-refractivity contribution in [3.05, 3.63) is 182 Å². The van der Waals surface area contributed by atoms with Crippen LogP contribution in [-0.2, 0) is 0 Å². The molecule has 0 saturated heterocycles. The molecular weight excluding hydrogens is 701 g/mol. The van der Waals surface area contributed by atoms with Gasteiger partial charge in [0, 0.05) is 54.7 Å². The third-order valence-electron chi connectivity index (χ3n) is 11.0. The fourth-order valence-corrected chi connectivity index (χ4v) is 8.42. The molecule has 0 spiro atoms. The standard InChI is InChI=1S/C51H30N4O2/c1-3-13-31(14-4-1)32-15-11-16-33(27-32)49-52-50(54-51(53-49)39-21-12-24-45-48(39)38-20-8-10-23-44(38)56-45)34-25-26-37-41-29-43-40(30-47(41)57-46(37)28-34)36-19-7-9-22-42(36)55(43)35-17-5-2-6-18-35/h1-30H. The molecule has 0 bridgehead atoms. The van der Waals surface area contributed by atoms with E-state index >= 15 is 0 Å². The van der Waals surface area contributed by atoms with E-state index in [0.717, 1.165) is 93.8 Å². The molecule has 12 rings (SSSR count). The first-order chi connectivity index (χ1) is 28.2. The van der Waals surface area contributed by atoms with Crippen LogP contribution < -0.4 is 0 Å². The molecule has 266 valence electrons. The molecule has 6 heteroatoms. The summed E-state index contributed by atoms with van der Waals surface area (Å²) in [5.41, 5.74) is 11.4. The van der Waals surface area contributed by atoms with Gasteiger partial charge >= 0.3 is 0 Å². The van der Waals surface area contributed by atoms with Gasteiger partial charge in [-0.25, -0.2) is 15.0 Å². The van der Waals surface area contributed by atoms with Gasteiger partial charge in [-0.15, -0.1) is 0 Å². The SMILES string of the molecule is c1ccc(-c2cccc(-c3nc(-c4ccc5c(c4)oc4cc6c7ccccc7n(-c7ccccc7)c6cc45)nc(-c4cccc5oc6ccccc6c45)n3)c2)cc1. The zero-order chi connectivity index (χ0) is 37.5. The second-order valence-electron chi connectivity index (χ2n) is 14.4. The molecule has 4 aromatic heterocycles. The van der Waals surface area contributed by atoms with E-state index in [0.29, 0.717) is 17.5 Å². The van der Waals surface area contributed by atoms with Crippen LogP contribution in [0.3, 0.4) is 0 Å². The summed E-state index contributed by atoms with van der Waals surface area (Å²) >= 11 is 0. The van der Waals surface area contributed by atoms with Gasteiger partial charge in [0.1, 0.15) is 22.3 Å². The van der Waals surface area contributed by atoms with Gasteiger partial charge in [0.25, 0.3) is 0 Å². The molecule has 0 aliphatic carbocycles. The number of para-hydroxylation sites is 3. The van der Waals surface area contributed by atoms with E-state index in [2.05, 4.69) is 150 Å². The maximum absolute atomic E-state index is 6.68. The molecule has 0 unspecified atom stereocenters. The van der Waals surface area contributed by atoms with Gasteiger partial charge in [0.05, 0.1) is 11.0 Å². The lowest BCUT2D eigenvalue weighted by Gasteiger charge is -2.10. The summed E-state index contributed by atoms with van der Waals surface area (Å²) in [6.45, 7) is 0. The van der Waals surface area contributed by atoms with Gasteiger partial charge in [-0.3, -0.25) is 0 Å². The third-order valence-corrected chi connectivity index (χ3v) is 11.0. The first-order valence-electron chi connectivity index (χ1n) is 19.0. The quantitative estimate of drug-likeness (QED) is 0.176. The van der Waals surface area contributed by atoms with Gasteiger partial charge < -0.3 is 13.4 Å². The van der Waals surface area contributed by atoms with E-state index in [-0.39, 0.29) is 0 Å². The average molecular weight is 731 g/mol. The fourth-order valence-electron chi connectivity index (χ4n) is 8.42. The Balaban J connectivity index is 1.06. The van der Waals surface area contributed by atoms with Crippen molar-refractivity contribution in [2.45, 2.75) is 0 Å². The van der Waals surface area contributed by atoms with Crippen LogP contribution in [0, 0.1) is 0 Å². The molecule has 6 nitrogen and oxygen atoms in total. The molecule has 0 amide bonds. The summed E-state index contributed by atoms with van der Waals surface area (Å²) in [5.74, 6) is 1.70. The number of fused-ring (bicyclic) bond motifs is 9. The van der Waals surface area contributed by atoms with E-state index in [1.54, 1.807) is 0 Å². The maximum atomic E-state index is 6.68. The first-order valence-corrected chi connectivity index (χ1v) is 19.0. The van der Waals surface area contributed by atoms with Crippen molar-refractivity contribution in [1.82, 2.24) is 19.5 Å². The molecule has 0 saturated carbocycles. The minimum atomic E-state index is 0.555. The summed E-state index contributed by atoms with van der Waals surface area (Å²) in [5, 5.41) is 6.40. The highest BCUT2D eigenvalue weighted by Crippen LogP contribution is 2.40. The topological polar surface area (TPSA) is 69.9 Å². The number of nitrogens with zero attached hydrogens (tertiary/aromatic N) is 4. The lowest BCUT2D eigenvalue weighted by molar-refractivity contribution is 0.669. The van der Waals surface area contributed by atoms with Crippen LogP contribution in [0.2, 0.25) is 0 Å². The largest absolute Gasteiger partial charge is 0.456 e. The number of hydrogen-bond donors (Lipinski definition) is 0. The molecule has 57 heavy (non-hydrogen) atoms. The summed E-state index contributed by atoms with van der Waals surface area (Å²) in [6, 6.07) is 62.7. The smallest absolute Gasteiger partial charge is 0.164 e. The number of hydrogen-bond acceptors (Lipinski definition) is 5. The summed E-state index contributed by atoms with van der Waals surface area (Å²) in [7, 11) is 0. The second kappa shape index (κ2) is 12.3. The Morgan fingerprint density at radius 3 is 1.82 bits per heavy atom. The molecule has 8 aromatic carbocycles. The minimum Gasteiger partial charge on any atom is -0.456 e. The molecule has 0 atom stereocenters. The predicted molar refractivity (Wildman–Crippen MR) is 230 cm³/mol. The first kappa shape index (κ1) is 31.5. The van der Waals surface area contributed by atoms with Crippen molar-refractivity contribution in [3.63, 3.8) is 0 Å². The zero-order valence-corrected chi connectivity index (χ0v) is 30.4. The Hall–Kier alpha value is -7.83. The molecule has 0 aliphatic rings. The van der Waals surface area contributed by atoms with Crippen LogP contribution in [0.25, 0.3) is 117 Å². The Bertz CT molecular complexity index is 3530. The van der Waals surface area contributed by atoms with Crippen molar-refractivity contribution in [2.24, 2.45) is 0 Å². The number of rotatable bonds is 5. The van der Waals surface area contributed by atoms with Crippen molar-refractivity contribution in [1.29, 1.82) is 0 Å². The van der Waals surface area contributed by atoms with Gasteiger partial charge in [0.15, 0.2) is 17.5 Å². The molecule has 0 aliphatic heterocycles. The lowest BCUT2D eigenvalue weighted by atomic mass is 10.0. The Labute approximate surface area is 325 Å². The second-order valence-corrected chi connectivity index (χ2v) is 14.4. The minimum absolute atomic E-state index is 0.555. The number of benzene rings is 8. The summed E-state index contributed by atoms with van der Waals surface area (Å²) in [6.07, 6.45) is 0. The number of aromatic nitrogens is 4. The highest BCUT2D eigenvalue weighted by Gasteiger charge is 2.20. The van der Waals surface area contributed by atoms with Crippen LogP contribution in [0.15, 0.2) is 191 Å². The van der Waals surface area contributed by atoms with Gasteiger partial charge in [-0.2, -0.15) is 0 Å². The van der Waals surface area contributed by atoms with Crippen molar-refractivity contribution < 1.29 is 8.83 Å². The Morgan fingerprint density at radius 2 is 0.965 bits per heavy atom. The highest BCUT2D eigenvalue weighted by atomic mass is 16.3. The zero-order valence-electron chi connectivity index (χ0n) is 30.4. The summed E-state index contributed by atoms with van der Waals surface area (Å²) in [4.78, 5) is 15.5. The van der Waals surface area contributed by atoms with Crippen molar-refractivity contribution >= 4 is 65.7 Å². The van der Waals surface area contributed by atoms with Crippen molar-refractivity contribution in [2.75, 3.05) is 0 Å².